The van der Waals surface area contributed by atoms with Gasteiger partial charge in [0.1, 0.15) is 0 Å². The molecule has 0 bridgehead atoms. The predicted octanol–water partition coefficient (Wildman–Crippen LogP) is 1.67. The monoisotopic (exact) mass is 294 g/mol. The minimum atomic E-state index is -3.58. The van der Waals surface area contributed by atoms with Gasteiger partial charge in [0.25, 0.3) is 0 Å². The summed E-state index contributed by atoms with van der Waals surface area (Å²) in [7, 11) is -1.97. The minimum Gasteiger partial charge on any atom is -0.381 e. The number of aryl methyl sites for hydroxylation is 1. The number of nitrogens with zero attached hydrogens (tertiary/aromatic N) is 2. The number of benzene rings is 1. The fraction of sp³-hybridized carbons (Fsp3) is 0.500. The number of ether oxygens (including phenoxy) is 1. The van der Waals surface area contributed by atoms with E-state index in [-0.39, 0.29) is 10.9 Å². The zero-order valence-corrected chi connectivity index (χ0v) is 12.5. The third-order valence-electron chi connectivity index (χ3n) is 3.68. The first-order chi connectivity index (χ1) is 9.46. The van der Waals surface area contributed by atoms with E-state index in [0.717, 1.165) is 0 Å². The van der Waals surface area contributed by atoms with Crippen LogP contribution >= 0.6 is 0 Å². The molecule has 1 saturated heterocycles. The van der Waals surface area contributed by atoms with Gasteiger partial charge in [0.2, 0.25) is 10.0 Å². The summed E-state index contributed by atoms with van der Waals surface area (Å²) < 4.78 is 32.1. The SMILES string of the molecule is Cc1ccc(C#N)cc1S(=O)(=O)N(C)C1CCOCC1. The van der Waals surface area contributed by atoms with Crippen molar-refractivity contribution in [2.45, 2.75) is 30.7 Å². The maximum absolute atomic E-state index is 12.7. The van der Waals surface area contributed by atoms with Gasteiger partial charge < -0.3 is 4.74 Å². The van der Waals surface area contributed by atoms with E-state index in [2.05, 4.69) is 0 Å². The molecule has 0 saturated carbocycles. The Hall–Kier alpha value is -1.42. The van der Waals surface area contributed by atoms with E-state index in [1.165, 1.54) is 10.4 Å². The molecule has 6 heteroatoms. The van der Waals surface area contributed by atoms with Crippen LogP contribution in [0.5, 0.6) is 0 Å². The van der Waals surface area contributed by atoms with Gasteiger partial charge in [-0.1, -0.05) is 6.07 Å². The minimum absolute atomic E-state index is 0.0427. The smallest absolute Gasteiger partial charge is 0.243 e. The Bertz CT molecular complexity index is 628. The lowest BCUT2D eigenvalue weighted by atomic mass is 10.1. The molecule has 20 heavy (non-hydrogen) atoms. The normalized spacial score (nSPS) is 17.1. The van der Waals surface area contributed by atoms with Crippen LogP contribution in [-0.2, 0) is 14.8 Å². The van der Waals surface area contributed by atoms with E-state index < -0.39 is 10.0 Å². The molecular formula is C14H18N2O3S. The van der Waals surface area contributed by atoms with Crippen molar-refractivity contribution >= 4 is 10.0 Å². The molecule has 0 aliphatic carbocycles. The average molecular weight is 294 g/mol. The van der Waals surface area contributed by atoms with Crippen LogP contribution < -0.4 is 0 Å². The highest BCUT2D eigenvalue weighted by Crippen LogP contribution is 2.24. The molecule has 1 aliphatic rings. The molecule has 1 aliphatic heterocycles. The molecule has 2 rings (SSSR count). The fourth-order valence-corrected chi connectivity index (χ4v) is 4.01. The van der Waals surface area contributed by atoms with Crippen molar-refractivity contribution in [2.24, 2.45) is 0 Å². The second-order valence-corrected chi connectivity index (χ2v) is 6.92. The Kier molecular flexibility index (Phi) is 4.43. The summed E-state index contributed by atoms with van der Waals surface area (Å²) in [6.07, 6.45) is 1.40. The second kappa shape index (κ2) is 5.92. The first kappa shape index (κ1) is 15.0. The maximum atomic E-state index is 12.7. The molecule has 5 nitrogen and oxygen atoms in total. The number of hydrogen-bond acceptors (Lipinski definition) is 4. The highest BCUT2D eigenvalue weighted by Gasteiger charge is 2.30. The molecule has 0 radical (unpaired) electrons. The standard InChI is InChI=1S/C14H18N2O3S/c1-11-3-4-12(10-15)9-14(11)20(17,18)16(2)13-5-7-19-8-6-13/h3-4,9,13H,5-8H2,1-2H3. The first-order valence-electron chi connectivity index (χ1n) is 6.53. The van der Waals surface area contributed by atoms with Gasteiger partial charge in [-0.2, -0.15) is 9.57 Å². The van der Waals surface area contributed by atoms with Crippen molar-refractivity contribution in [3.63, 3.8) is 0 Å². The molecule has 1 fully saturated rings. The quantitative estimate of drug-likeness (QED) is 0.850. The van der Waals surface area contributed by atoms with E-state index in [0.29, 0.717) is 37.2 Å². The molecule has 1 aromatic carbocycles. The maximum Gasteiger partial charge on any atom is 0.243 e. The molecule has 0 aromatic heterocycles. The summed E-state index contributed by atoms with van der Waals surface area (Å²) in [5, 5.41) is 8.93. The second-order valence-electron chi connectivity index (χ2n) is 4.96. The van der Waals surface area contributed by atoms with Gasteiger partial charge in [-0.3, -0.25) is 0 Å². The third-order valence-corrected chi connectivity index (χ3v) is 5.73. The summed E-state index contributed by atoms with van der Waals surface area (Å²) in [6, 6.07) is 6.68. The number of rotatable bonds is 3. The zero-order valence-electron chi connectivity index (χ0n) is 11.7. The van der Waals surface area contributed by atoms with Gasteiger partial charge in [-0.05, 0) is 37.5 Å². The summed E-state index contributed by atoms with van der Waals surface area (Å²) in [6.45, 7) is 2.91. The fourth-order valence-electron chi connectivity index (χ4n) is 2.35. The highest BCUT2D eigenvalue weighted by atomic mass is 32.2. The predicted molar refractivity (Wildman–Crippen MR) is 74.7 cm³/mol. The van der Waals surface area contributed by atoms with Crippen LogP contribution in [-0.4, -0.2) is 39.0 Å². The van der Waals surface area contributed by atoms with E-state index >= 15 is 0 Å². The van der Waals surface area contributed by atoms with Crippen molar-refractivity contribution in [1.82, 2.24) is 4.31 Å². The van der Waals surface area contributed by atoms with Crippen molar-refractivity contribution in [3.8, 4) is 6.07 Å². The van der Waals surface area contributed by atoms with Crippen molar-refractivity contribution in [1.29, 1.82) is 5.26 Å². The summed E-state index contributed by atoms with van der Waals surface area (Å²) in [4.78, 5) is 0.213. The topological polar surface area (TPSA) is 70.4 Å². The third kappa shape index (κ3) is 2.85. The van der Waals surface area contributed by atoms with Gasteiger partial charge in [-0.15, -0.1) is 0 Å². The molecule has 0 unspecified atom stereocenters. The Morgan fingerprint density at radius 1 is 1.35 bits per heavy atom. The summed E-state index contributed by atoms with van der Waals surface area (Å²) in [5.41, 5.74) is 1.01. The van der Waals surface area contributed by atoms with E-state index in [4.69, 9.17) is 10.00 Å². The molecular weight excluding hydrogens is 276 g/mol. The van der Waals surface area contributed by atoms with Crippen LogP contribution in [0.25, 0.3) is 0 Å². The van der Waals surface area contributed by atoms with Crippen molar-refractivity contribution in [3.05, 3.63) is 29.3 Å². The van der Waals surface area contributed by atoms with E-state index in [1.807, 2.05) is 6.07 Å². The number of nitriles is 1. The van der Waals surface area contributed by atoms with E-state index in [9.17, 15) is 8.42 Å². The van der Waals surface area contributed by atoms with Crippen LogP contribution in [0.1, 0.15) is 24.0 Å². The molecule has 0 N–H and O–H groups in total. The Morgan fingerprint density at radius 3 is 2.60 bits per heavy atom. The van der Waals surface area contributed by atoms with Crippen LogP contribution in [0.3, 0.4) is 0 Å². The summed E-state index contributed by atoms with van der Waals surface area (Å²) >= 11 is 0. The molecule has 1 heterocycles. The number of sulfonamides is 1. The first-order valence-corrected chi connectivity index (χ1v) is 7.97. The van der Waals surface area contributed by atoms with Gasteiger partial charge >= 0.3 is 0 Å². The van der Waals surface area contributed by atoms with E-state index in [1.54, 1.807) is 26.1 Å². The van der Waals surface area contributed by atoms with Crippen LogP contribution in [0.2, 0.25) is 0 Å². The molecule has 0 atom stereocenters. The lowest BCUT2D eigenvalue weighted by Gasteiger charge is -2.30. The number of hydrogen-bond donors (Lipinski definition) is 0. The lowest BCUT2D eigenvalue weighted by Crippen LogP contribution is -2.40. The van der Waals surface area contributed by atoms with Crippen LogP contribution in [0, 0.1) is 18.3 Å². The van der Waals surface area contributed by atoms with Crippen LogP contribution in [0.15, 0.2) is 23.1 Å². The Morgan fingerprint density at radius 2 is 2.00 bits per heavy atom. The average Bonchev–Trinajstić information content (AvgIpc) is 2.47. The van der Waals surface area contributed by atoms with Gasteiger partial charge in [-0.25, -0.2) is 8.42 Å². The largest absolute Gasteiger partial charge is 0.381 e. The van der Waals surface area contributed by atoms with Crippen LogP contribution in [0.4, 0.5) is 0 Å². The van der Waals surface area contributed by atoms with Crippen molar-refractivity contribution < 1.29 is 13.2 Å². The van der Waals surface area contributed by atoms with Gasteiger partial charge in [0.05, 0.1) is 16.5 Å². The molecule has 108 valence electrons. The molecule has 1 aromatic rings. The lowest BCUT2D eigenvalue weighted by molar-refractivity contribution is 0.0632. The molecule has 0 amide bonds. The summed E-state index contributed by atoms with van der Waals surface area (Å²) in [5.74, 6) is 0. The molecule has 0 spiro atoms. The Labute approximate surface area is 119 Å². The Balaban J connectivity index is 2.36. The zero-order chi connectivity index (χ0) is 14.8. The van der Waals surface area contributed by atoms with Gasteiger partial charge in [0.15, 0.2) is 0 Å². The van der Waals surface area contributed by atoms with Gasteiger partial charge in [0, 0.05) is 26.3 Å². The van der Waals surface area contributed by atoms with Crippen molar-refractivity contribution in [2.75, 3.05) is 20.3 Å². The highest BCUT2D eigenvalue weighted by molar-refractivity contribution is 7.89.